The van der Waals surface area contributed by atoms with Crippen LogP contribution in [0, 0.1) is 5.92 Å². The number of hydrogen-bond acceptors (Lipinski definition) is 5. The molecule has 0 radical (unpaired) electrons. The molecular formula is C24H23NO4S2. The third-order valence-corrected chi connectivity index (χ3v) is 7.62. The second-order valence-corrected chi connectivity index (χ2v) is 10.4. The first kappa shape index (κ1) is 21.6. The maximum Gasteiger partial charge on any atom is 0.264 e. The van der Waals surface area contributed by atoms with E-state index in [1.165, 1.54) is 0 Å². The average molecular weight is 454 g/mol. The van der Waals surface area contributed by atoms with Crippen molar-refractivity contribution in [1.82, 2.24) is 5.32 Å². The molecule has 1 aliphatic rings. The second kappa shape index (κ2) is 8.86. The highest BCUT2D eigenvalue weighted by atomic mass is 32.2. The Morgan fingerprint density at radius 1 is 0.839 bits per heavy atom. The van der Waals surface area contributed by atoms with Crippen molar-refractivity contribution in [2.45, 2.75) is 10.1 Å². The highest BCUT2D eigenvalue weighted by molar-refractivity contribution is 8.01. The minimum atomic E-state index is -3.63. The molecule has 1 fully saturated rings. The molecule has 1 aliphatic heterocycles. The van der Waals surface area contributed by atoms with Crippen LogP contribution in [0.5, 0.6) is 0 Å². The van der Waals surface area contributed by atoms with Gasteiger partial charge in [0.25, 0.3) is 10.1 Å². The van der Waals surface area contributed by atoms with Gasteiger partial charge in [0.2, 0.25) is 5.91 Å². The van der Waals surface area contributed by atoms with Gasteiger partial charge in [-0.2, -0.15) is 8.42 Å². The van der Waals surface area contributed by atoms with Crippen LogP contribution in [0.3, 0.4) is 0 Å². The highest BCUT2D eigenvalue weighted by Crippen LogP contribution is 2.52. The number of benzene rings is 3. The van der Waals surface area contributed by atoms with Crippen LogP contribution in [-0.4, -0.2) is 32.6 Å². The lowest BCUT2D eigenvalue weighted by molar-refractivity contribution is -0.133. The molecule has 0 spiro atoms. The summed E-state index contributed by atoms with van der Waals surface area (Å²) in [6.45, 7) is -0.170. The topological polar surface area (TPSA) is 72.5 Å². The standard InChI is InChI=1S/C24H23NO4S2/c1-31(27,28)29-17-21-22(26)25-23(21)30-24(18-11-5-2-6-12-18,19-13-7-3-8-14-19)20-15-9-4-10-16-20/h2-16,21,23H,17H2,1H3,(H,25,26). The first-order valence-corrected chi connectivity index (χ1v) is 12.6. The Morgan fingerprint density at radius 3 is 1.61 bits per heavy atom. The van der Waals surface area contributed by atoms with Crippen molar-refractivity contribution >= 4 is 27.8 Å². The molecule has 1 saturated heterocycles. The van der Waals surface area contributed by atoms with Crippen LogP contribution in [0.4, 0.5) is 0 Å². The van der Waals surface area contributed by atoms with E-state index in [0.717, 1.165) is 22.9 Å². The van der Waals surface area contributed by atoms with Gasteiger partial charge in [-0.05, 0) is 16.7 Å². The maximum atomic E-state index is 12.3. The van der Waals surface area contributed by atoms with Gasteiger partial charge in [-0.3, -0.25) is 8.98 Å². The fourth-order valence-electron chi connectivity index (χ4n) is 3.77. The van der Waals surface area contributed by atoms with Gasteiger partial charge < -0.3 is 5.32 Å². The molecule has 0 bridgehead atoms. The lowest BCUT2D eigenvalue weighted by atomic mass is 9.84. The van der Waals surface area contributed by atoms with E-state index >= 15 is 0 Å². The predicted molar refractivity (Wildman–Crippen MR) is 123 cm³/mol. The summed E-state index contributed by atoms with van der Waals surface area (Å²) in [5.41, 5.74) is 3.21. The number of carbonyl (C=O) groups excluding carboxylic acids is 1. The number of amides is 1. The monoisotopic (exact) mass is 453 g/mol. The van der Waals surface area contributed by atoms with Gasteiger partial charge in [-0.15, -0.1) is 11.8 Å². The van der Waals surface area contributed by atoms with E-state index < -0.39 is 20.8 Å². The van der Waals surface area contributed by atoms with Crippen molar-refractivity contribution < 1.29 is 17.4 Å². The molecule has 0 saturated carbocycles. The van der Waals surface area contributed by atoms with E-state index in [1.807, 2.05) is 54.6 Å². The number of rotatable bonds is 8. The van der Waals surface area contributed by atoms with Gasteiger partial charge >= 0.3 is 0 Å². The molecule has 1 amide bonds. The van der Waals surface area contributed by atoms with Crippen molar-refractivity contribution in [2.75, 3.05) is 12.9 Å². The molecule has 31 heavy (non-hydrogen) atoms. The van der Waals surface area contributed by atoms with Gasteiger partial charge in [0.05, 0.1) is 28.9 Å². The van der Waals surface area contributed by atoms with Crippen LogP contribution in [0.25, 0.3) is 0 Å². The van der Waals surface area contributed by atoms with E-state index in [1.54, 1.807) is 11.8 Å². The average Bonchev–Trinajstić information content (AvgIpc) is 2.77. The number of hydrogen-bond donors (Lipinski definition) is 1. The van der Waals surface area contributed by atoms with E-state index in [9.17, 15) is 13.2 Å². The molecular weight excluding hydrogens is 430 g/mol. The Kier molecular flexibility index (Phi) is 6.18. The lowest BCUT2D eigenvalue weighted by Crippen LogP contribution is -2.59. The molecule has 2 unspecified atom stereocenters. The summed E-state index contributed by atoms with van der Waals surface area (Å²) in [4.78, 5) is 12.3. The van der Waals surface area contributed by atoms with Crippen molar-refractivity contribution in [3.8, 4) is 0 Å². The SMILES string of the molecule is CS(=O)(=O)OCC1C(=O)NC1SC(c1ccccc1)(c1ccccc1)c1ccccc1. The molecule has 0 aromatic heterocycles. The largest absolute Gasteiger partial charge is 0.343 e. The zero-order valence-electron chi connectivity index (χ0n) is 17.0. The Labute approximate surface area is 187 Å². The first-order valence-electron chi connectivity index (χ1n) is 9.89. The molecule has 3 aromatic carbocycles. The predicted octanol–water partition coefficient (Wildman–Crippen LogP) is 3.76. The van der Waals surface area contributed by atoms with E-state index in [-0.39, 0.29) is 17.9 Å². The molecule has 160 valence electrons. The molecule has 2 atom stereocenters. The van der Waals surface area contributed by atoms with Gasteiger partial charge in [0.1, 0.15) is 0 Å². The van der Waals surface area contributed by atoms with Crippen LogP contribution in [0.1, 0.15) is 16.7 Å². The minimum absolute atomic E-state index is 0.170. The summed E-state index contributed by atoms with van der Waals surface area (Å²) in [6.07, 6.45) is 0.994. The summed E-state index contributed by atoms with van der Waals surface area (Å²) < 4.78 is 27.3. The molecule has 3 aromatic rings. The summed E-state index contributed by atoms with van der Waals surface area (Å²) in [5.74, 6) is -0.764. The molecule has 0 aliphatic carbocycles. The van der Waals surface area contributed by atoms with Crippen LogP contribution < -0.4 is 5.32 Å². The van der Waals surface area contributed by atoms with Crippen molar-refractivity contribution in [2.24, 2.45) is 5.92 Å². The van der Waals surface area contributed by atoms with Gasteiger partial charge in [-0.1, -0.05) is 91.0 Å². The van der Waals surface area contributed by atoms with Crippen LogP contribution in [-0.2, 0) is 23.8 Å². The fourth-order valence-corrected chi connectivity index (χ4v) is 5.91. The van der Waals surface area contributed by atoms with Crippen LogP contribution in [0.2, 0.25) is 0 Å². The van der Waals surface area contributed by atoms with Crippen molar-refractivity contribution in [1.29, 1.82) is 0 Å². The smallest absolute Gasteiger partial charge is 0.264 e. The number of thioether (sulfide) groups is 1. The Hall–Kier alpha value is -2.61. The third-order valence-electron chi connectivity index (χ3n) is 5.29. The van der Waals surface area contributed by atoms with E-state index in [0.29, 0.717) is 0 Å². The Morgan fingerprint density at radius 2 is 1.26 bits per heavy atom. The fraction of sp³-hybridized carbons (Fsp3) is 0.208. The van der Waals surface area contributed by atoms with E-state index in [4.69, 9.17) is 4.18 Å². The quantitative estimate of drug-likeness (QED) is 0.319. The number of carbonyl (C=O) groups is 1. The number of nitrogens with one attached hydrogen (secondary N) is 1. The molecule has 5 nitrogen and oxygen atoms in total. The molecule has 1 N–H and O–H groups in total. The lowest BCUT2D eigenvalue weighted by Gasteiger charge is -2.44. The minimum Gasteiger partial charge on any atom is -0.343 e. The summed E-state index contributed by atoms with van der Waals surface area (Å²) >= 11 is 1.59. The second-order valence-electron chi connectivity index (χ2n) is 7.42. The van der Waals surface area contributed by atoms with Crippen molar-refractivity contribution in [3.05, 3.63) is 108 Å². The molecule has 7 heteroatoms. The first-order chi connectivity index (χ1) is 14.9. The van der Waals surface area contributed by atoms with Crippen LogP contribution >= 0.6 is 11.8 Å². The highest BCUT2D eigenvalue weighted by Gasteiger charge is 2.48. The normalized spacial score (nSPS) is 18.8. The van der Waals surface area contributed by atoms with E-state index in [2.05, 4.69) is 41.7 Å². The molecule has 4 rings (SSSR count). The summed E-state index contributed by atoms with van der Waals surface area (Å²) in [5, 5.41) is 2.63. The molecule has 1 heterocycles. The third kappa shape index (κ3) is 4.54. The summed E-state index contributed by atoms with van der Waals surface area (Å²) in [7, 11) is -3.63. The van der Waals surface area contributed by atoms with Gasteiger partial charge in [-0.25, -0.2) is 0 Å². The van der Waals surface area contributed by atoms with Crippen LogP contribution in [0.15, 0.2) is 91.0 Å². The Balaban J connectivity index is 1.80. The summed E-state index contributed by atoms with van der Waals surface area (Å²) in [6, 6.07) is 30.4. The zero-order valence-corrected chi connectivity index (χ0v) is 18.6. The number of β-lactam (4-membered cyclic amide) rings is 1. The van der Waals surface area contributed by atoms with Gasteiger partial charge in [0, 0.05) is 0 Å². The Bertz CT molecular complexity index is 1040. The zero-order chi connectivity index (χ0) is 21.9. The maximum absolute atomic E-state index is 12.3. The van der Waals surface area contributed by atoms with Crippen molar-refractivity contribution in [3.63, 3.8) is 0 Å². The van der Waals surface area contributed by atoms with Gasteiger partial charge in [0.15, 0.2) is 0 Å².